The van der Waals surface area contributed by atoms with E-state index in [1.165, 1.54) is 0 Å². The van der Waals surface area contributed by atoms with Gasteiger partial charge < -0.3 is 25.5 Å². The Kier molecular flexibility index (Phi) is 7.85. The van der Waals surface area contributed by atoms with Crippen molar-refractivity contribution < 1.29 is 14.6 Å². The van der Waals surface area contributed by atoms with Gasteiger partial charge in [-0.3, -0.25) is 0 Å². The van der Waals surface area contributed by atoms with Gasteiger partial charge in [0.1, 0.15) is 5.82 Å². The molecule has 0 radical (unpaired) electrons. The fourth-order valence-corrected chi connectivity index (χ4v) is 3.95. The topological polar surface area (TPSA) is 98.5 Å². The number of aliphatic hydroxyl groups is 1. The maximum absolute atomic E-state index is 12.6. The predicted octanol–water partition coefficient (Wildman–Crippen LogP) is 4.54. The summed E-state index contributed by atoms with van der Waals surface area (Å²) in [6.45, 7) is 9.71. The molecule has 7 heteroatoms. The number of aromatic nitrogens is 1. The van der Waals surface area contributed by atoms with Gasteiger partial charge in [0.15, 0.2) is 5.69 Å². The van der Waals surface area contributed by atoms with Crippen LogP contribution in [-0.2, 0) is 4.74 Å². The third-order valence-corrected chi connectivity index (χ3v) is 5.82. The van der Waals surface area contributed by atoms with Gasteiger partial charge in [0, 0.05) is 31.1 Å². The Morgan fingerprint density at radius 1 is 1.31 bits per heavy atom. The molecule has 0 unspecified atom stereocenters. The van der Waals surface area contributed by atoms with Crippen LogP contribution in [0.2, 0.25) is 0 Å². The van der Waals surface area contributed by atoms with Crippen molar-refractivity contribution >= 4 is 28.9 Å². The third kappa shape index (κ3) is 5.46. The van der Waals surface area contributed by atoms with E-state index in [1.807, 2.05) is 45.0 Å². The van der Waals surface area contributed by atoms with E-state index in [-0.39, 0.29) is 30.7 Å². The van der Waals surface area contributed by atoms with Crippen LogP contribution in [0.15, 0.2) is 30.3 Å². The lowest BCUT2D eigenvalue weighted by Gasteiger charge is -2.35. The van der Waals surface area contributed by atoms with Gasteiger partial charge in [0.2, 0.25) is 0 Å². The molecule has 0 saturated carbocycles. The van der Waals surface area contributed by atoms with Crippen molar-refractivity contribution in [1.29, 1.82) is 5.41 Å². The maximum Gasteiger partial charge on any atom is 0.357 e. The van der Waals surface area contributed by atoms with Crippen LogP contribution in [-0.4, -0.2) is 48.1 Å². The van der Waals surface area contributed by atoms with Gasteiger partial charge in [-0.1, -0.05) is 26.0 Å². The summed E-state index contributed by atoms with van der Waals surface area (Å²) in [4.78, 5) is 19.4. The van der Waals surface area contributed by atoms with E-state index >= 15 is 0 Å². The summed E-state index contributed by atoms with van der Waals surface area (Å²) in [5.41, 5.74) is 4.15. The van der Waals surface area contributed by atoms with Gasteiger partial charge >= 0.3 is 5.97 Å². The Morgan fingerprint density at radius 3 is 2.62 bits per heavy atom. The minimum absolute atomic E-state index is 0.0166. The van der Waals surface area contributed by atoms with E-state index in [4.69, 9.17) is 10.1 Å². The molecule has 1 aliphatic heterocycles. The molecule has 1 saturated heterocycles. The lowest BCUT2D eigenvalue weighted by Crippen LogP contribution is -2.36. The molecule has 0 amide bonds. The Bertz CT molecular complexity index is 966. The van der Waals surface area contributed by atoms with Crippen LogP contribution in [0.3, 0.4) is 0 Å². The standard InChI is InChI=1S/C25H34N4O3/c1-5-32-25(31)20-14-21(29-11-9-18(15-30)10-12-29)22(23(26)16(2)3)24(28-20)27-19-8-6-7-17(4)13-19/h6-8,13-14,16,18,26,30H,5,9-12,15H2,1-4H3,(H,27,28). The molecule has 32 heavy (non-hydrogen) atoms. The highest BCUT2D eigenvalue weighted by atomic mass is 16.5. The molecule has 7 nitrogen and oxygen atoms in total. The number of rotatable bonds is 8. The number of carbonyl (C=O) groups excluding carboxylic acids is 1. The molecule has 1 aliphatic rings. The zero-order valence-electron chi connectivity index (χ0n) is 19.4. The summed E-state index contributed by atoms with van der Waals surface area (Å²) in [5, 5.41) is 21.8. The van der Waals surface area contributed by atoms with E-state index in [0.29, 0.717) is 17.1 Å². The first-order valence-electron chi connectivity index (χ1n) is 11.3. The average molecular weight is 439 g/mol. The van der Waals surface area contributed by atoms with Crippen LogP contribution in [0.25, 0.3) is 0 Å². The summed E-state index contributed by atoms with van der Waals surface area (Å²) < 4.78 is 5.24. The number of piperidine rings is 1. The highest BCUT2D eigenvalue weighted by Gasteiger charge is 2.27. The fraction of sp³-hybridized carbons (Fsp3) is 0.480. The van der Waals surface area contributed by atoms with Crippen molar-refractivity contribution in [2.75, 3.05) is 36.5 Å². The summed E-state index contributed by atoms with van der Waals surface area (Å²) in [6.07, 6.45) is 1.73. The molecule has 3 N–H and O–H groups in total. The number of nitrogens with zero attached hydrogens (tertiary/aromatic N) is 2. The zero-order valence-corrected chi connectivity index (χ0v) is 19.4. The van der Waals surface area contributed by atoms with Crippen LogP contribution in [0.1, 0.15) is 55.2 Å². The molecule has 1 aromatic heterocycles. The minimum atomic E-state index is -0.478. The number of carbonyl (C=O) groups is 1. The van der Waals surface area contributed by atoms with Gasteiger partial charge in [-0.05, 0) is 62.3 Å². The molecule has 1 fully saturated rings. The van der Waals surface area contributed by atoms with Gasteiger partial charge in [-0.2, -0.15) is 0 Å². The van der Waals surface area contributed by atoms with E-state index in [9.17, 15) is 9.90 Å². The molecule has 0 spiro atoms. The monoisotopic (exact) mass is 438 g/mol. The van der Waals surface area contributed by atoms with E-state index in [2.05, 4.69) is 15.2 Å². The largest absolute Gasteiger partial charge is 0.461 e. The summed E-state index contributed by atoms with van der Waals surface area (Å²) in [6, 6.07) is 9.68. The molecule has 0 atom stereocenters. The number of pyridine rings is 1. The number of nitrogens with one attached hydrogen (secondary N) is 2. The second kappa shape index (κ2) is 10.6. The first-order chi connectivity index (χ1) is 15.3. The first kappa shape index (κ1) is 23.7. The van der Waals surface area contributed by atoms with Crippen molar-refractivity contribution in [1.82, 2.24) is 4.98 Å². The highest BCUT2D eigenvalue weighted by Crippen LogP contribution is 2.34. The number of benzene rings is 1. The van der Waals surface area contributed by atoms with E-state index in [0.717, 1.165) is 42.9 Å². The van der Waals surface area contributed by atoms with Gasteiger partial charge in [-0.25, -0.2) is 9.78 Å². The summed E-state index contributed by atoms with van der Waals surface area (Å²) in [5.74, 6) is 0.278. The Labute approximate surface area is 190 Å². The number of ether oxygens (including phenoxy) is 1. The molecule has 0 aliphatic carbocycles. The Balaban J connectivity index is 2.14. The number of aliphatic hydroxyl groups excluding tert-OH is 1. The summed E-state index contributed by atoms with van der Waals surface area (Å²) >= 11 is 0. The fourth-order valence-electron chi connectivity index (χ4n) is 3.95. The van der Waals surface area contributed by atoms with Crippen molar-refractivity contribution in [2.45, 2.75) is 40.5 Å². The van der Waals surface area contributed by atoms with Crippen LogP contribution in [0.4, 0.5) is 17.2 Å². The third-order valence-electron chi connectivity index (χ3n) is 5.82. The van der Waals surface area contributed by atoms with Gasteiger partial charge in [0.05, 0.1) is 17.9 Å². The Morgan fingerprint density at radius 2 is 2.03 bits per heavy atom. The number of hydrogen-bond donors (Lipinski definition) is 3. The lowest BCUT2D eigenvalue weighted by atomic mass is 9.94. The molecule has 172 valence electrons. The zero-order chi connectivity index (χ0) is 23.3. The molecule has 2 aromatic rings. The van der Waals surface area contributed by atoms with E-state index in [1.54, 1.807) is 13.0 Å². The molecule has 0 bridgehead atoms. The van der Waals surface area contributed by atoms with Crippen molar-refractivity contribution in [3.05, 3.63) is 47.2 Å². The van der Waals surface area contributed by atoms with Crippen LogP contribution in [0, 0.1) is 24.2 Å². The smallest absolute Gasteiger partial charge is 0.357 e. The molecular formula is C25H34N4O3. The van der Waals surface area contributed by atoms with Crippen LogP contribution >= 0.6 is 0 Å². The van der Waals surface area contributed by atoms with E-state index < -0.39 is 5.97 Å². The number of esters is 1. The SMILES string of the molecule is CCOC(=O)c1cc(N2CCC(CO)CC2)c(C(=N)C(C)C)c(Nc2cccc(C)c2)n1. The molecular weight excluding hydrogens is 404 g/mol. The van der Waals surface area contributed by atoms with Crippen molar-refractivity contribution in [3.63, 3.8) is 0 Å². The lowest BCUT2D eigenvalue weighted by molar-refractivity contribution is 0.0519. The summed E-state index contributed by atoms with van der Waals surface area (Å²) in [7, 11) is 0. The second-order valence-corrected chi connectivity index (χ2v) is 8.65. The average Bonchev–Trinajstić information content (AvgIpc) is 2.78. The first-order valence-corrected chi connectivity index (χ1v) is 11.3. The quantitative estimate of drug-likeness (QED) is 0.413. The number of aryl methyl sites for hydroxylation is 1. The molecule has 2 heterocycles. The maximum atomic E-state index is 12.6. The normalized spacial score (nSPS) is 14.5. The number of hydrogen-bond acceptors (Lipinski definition) is 7. The number of anilines is 3. The van der Waals surface area contributed by atoms with Crippen molar-refractivity contribution in [2.24, 2.45) is 11.8 Å². The van der Waals surface area contributed by atoms with Crippen LogP contribution < -0.4 is 10.2 Å². The van der Waals surface area contributed by atoms with Gasteiger partial charge in [-0.15, -0.1) is 0 Å². The predicted molar refractivity (Wildman–Crippen MR) is 128 cm³/mol. The van der Waals surface area contributed by atoms with Crippen molar-refractivity contribution in [3.8, 4) is 0 Å². The Hall–Kier alpha value is -2.93. The minimum Gasteiger partial charge on any atom is -0.461 e. The van der Waals surface area contributed by atoms with Crippen LogP contribution in [0.5, 0.6) is 0 Å². The molecule has 1 aromatic carbocycles. The van der Waals surface area contributed by atoms with Gasteiger partial charge in [0.25, 0.3) is 0 Å². The second-order valence-electron chi connectivity index (χ2n) is 8.65. The molecule has 3 rings (SSSR count). The highest BCUT2D eigenvalue weighted by molar-refractivity contribution is 6.09.